The third-order valence-electron chi connectivity index (χ3n) is 5.05. The van der Waals surface area contributed by atoms with Gasteiger partial charge in [-0.15, -0.1) is 0 Å². The minimum atomic E-state index is -0.652. The molecule has 6 nitrogen and oxygen atoms in total. The van der Waals surface area contributed by atoms with Gasteiger partial charge in [-0.05, 0) is 43.9 Å². The number of rotatable bonds is 5. The second kappa shape index (κ2) is 8.27. The van der Waals surface area contributed by atoms with Crippen LogP contribution < -0.4 is 5.32 Å². The number of hydrogen-bond acceptors (Lipinski definition) is 3. The summed E-state index contributed by atoms with van der Waals surface area (Å²) in [5, 5.41) is 14.2. The molecule has 0 bridgehead atoms. The molecule has 2 fully saturated rings. The molecule has 1 amide bonds. The Labute approximate surface area is 159 Å². The summed E-state index contributed by atoms with van der Waals surface area (Å²) in [4.78, 5) is 21.0. The first kappa shape index (κ1) is 19.0. The lowest BCUT2D eigenvalue weighted by molar-refractivity contribution is -0.135. The highest BCUT2D eigenvalue weighted by molar-refractivity contribution is 6.30. The van der Waals surface area contributed by atoms with Gasteiger partial charge < -0.3 is 20.2 Å². The van der Waals surface area contributed by atoms with Crippen molar-refractivity contribution in [2.24, 2.45) is 4.99 Å². The van der Waals surface area contributed by atoms with Crippen molar-refractivity contribution in [1.29, 1.82) is 0 Å². The first-order valence-electron chi connectivity index (χ1n) is 9.27. The summed E-state index contributed by atoms with van der Waals surface area (Å²) in [6.07, 6.45) is 2.68. The molecule has 0 aromatic heterocycles. The van der Waals surface area contributed by atoms with Crippen LogP contribution in [-0.2, 0) is 11.3 Å². The molecule has 2 N–H and O–H groups in total. The number of nitrogens with zero attached hydrogens (tertiary/aromatic N) is 3. The van der Waals surface area contributed by atoms with Gasteiger partial charge in [0.05, 0.1) is 18.7 Å². The van der Waals surface area contributed by atoms with Crippen LogP contribution in [0.3, 0.4) is 0 Å². The molecule has 1 saturated heterocycles. The van der Waals surface area contributed by atoms with Gasteiger partial charge in [-0.3, -0.25) is 9.79 Å². The number of aliphatic imine (C=N–C) groups is 1. The molecular formula is C19H27ClN4O2. The van der Waals surface area contributed by atoms with Crippen molar-refractivity contribution >= 4 is 23.5 Å². The summed E-state index contributed by atoms with van der Waals surface area (Å²) in [6, 6.07) is 7.59. The van der Waals surface area contributed by atoms with E-state index in [-0.39, 0.29) is 5.91 Å². The van der Waals surface area contributed by atoms with Crippen molar-refractivity contribution in [3.05, 3.63) is 34.9 Å². The van der Waals surface area contributed by atoms with E-state index in [1.54, 1.807) is 0 Å². The molecule has 3 rings (SSSR count). The first-order valence-corrected chi connectivity index (χ1v) is 9.65. The standard InChI is InChI=1S/C19H27ClN4O2/c1-2-21-18(22-14-19(26)8-3-9-19)24-11-10-23(17(25)13-24)12-15-4-6-16(20)7-5-15/h4-7,26H,2-3,8-14H2,1H3,(H,21,22). The van der Waals surface area contributed by atoms with Crippen molar-refractivity contribution < 1.29 is 9.90 Å². The fraction of sp³-hybridized carbons (Fsp3) is 0.579. The van der Waals surface area contributed by atoms with Gasteiger partial charge >= 0.3 is 0 Å². The molecule has 1 heterocycles. The van der Waals surface area contributed by atoms with E-state index in [0.717, 1.165) is 37.9 Å². The normalized spacial score (nSPS) is 20.1. The Hall–Kier alpha value is -1.79. The second-order valence-electron chi connectivity index (χ2n) is 7.11. The van der Waals surface area contributed by atoms with E-state index in [1.807, 2.05) is 41.0 Å². The van der Waals surface area contributed by atoms with Crippen LogP contribution in [0.15, 0.2) is 29.3 Å². The van der Waals surface area contributed by atoms with Crippen LogP contribution in [0, 0.1) is 0 Å². The lowest BCUT2D eigenvalue weighted by atomic mass is 9.80. The van der Waals surface area contributed by atoms with Crippen molar-refractivity contribution in [2.75, 3.05) is 32.7 Å². The number of nitrogens with one attached hydrogen (secondary N) is 1. The van der Waals surface area contributed by atoms with E-state index in [9.17, 15) is 9.90 Å². The maximum Gasteiger partial charge on any atom is 0.242 e. The molecule has 0 unspecified atom stereocenters. The quantitative estimate of drug-likeness (QED) is 0.606. The Bertz CT molecular complexity index is 658. The molecule has 7 heteroatoms. The lowest BCUT2D eigenvalue weighted by Gasteiger charge is -2.38. The van der Waals surface area contributed by atoms with Gasteiger partial charge in [-0.2, -0.15) is 0 Å². The van der Waals surface area contributed by atoms with Gasteiger partial charge in [0.2, 0.25) is 5.91 Å². The number of carbonyl (C=O) groups excluding carboxylic acids is 1. The highest BCUT2D eigenvalue weighted by Crippen LogP contribution is 2.31. The SMILES string of the molecule is CCNC(=NCC1(O)CCC1)N1CCN(Cc2ccc(Cl)cc2)C(=O)C1. The van der Waals surface area contributed by atoms with Gasteiger partial charge in [-0.1, -0.05) is 23.7 Å². The highest BCUT2D eigenvalue weighted by atomic mass is 35.5. The van der Waals surface area contributed by atoms with Crippen LogP contribution >= 0.6 is 11.6 Å². The predicted molar refractivity (Wildman–Crippen MR) is 103 cm³/mol. The Morgan fingerprint density at radius 1 is 1.31 bits per heavy atom. The van der Waals surface area contributed by atoms with Crippen LogP contribution in [0.5, 0.6) is 0 Å². The Balaban J connectivity index is 1.59. The lowest BCUT2D eigenvalue weighted by Crippen LogP contribution is -2.55. The van der Waals surface area contributed by atoms with Crippen LogP contribution in [0.2, 0.25) is 5.02 Å². The smallest absolute Gasteiger partial charge is 0.242 e. The molecule has 1 aromatic rings. The van der Waals surface area contributed by atoms with E-state index in [2.05, 4.69) is 10.3 Å². The maximum atomic E-state index is 12.6. The minimum absolute atomic E-state index is 0.0826. The van der Waals surface area contributed by atoms with Crippen LogP contribution in [-0.4, -0.2) is 65.1 Å². The number of carbonyl (C=O) groups is 1. The van der Waals surface area contributed by atoms with Gasteiger partial charge in [-0.25, -0.2) is 0 Å². The molecule has 0 radical (unpaired) electrons. The molecule has 2 aliphatic rings. The van der Waals surface area contributed by atoms with Gasteiger partial charge in [0.25, 0.3) is 0 Å². The summed E-state index contributed by atoms with van der Waals surface area (Å²) >= 11 is 5.92. The van der Waals surface area contributed by atoms with E-state index in [4.69, 9.17) is 11.6 Å². The molecule has 0 spiro atoms. The summed E-state index contributed by atoms with van der Waals surface area (Å²) in [5.74, 6) is 0.798. The number of hydrogen-bond donors (Lipinski definition) is 2. The van der Waals surface area contributed by atoms with Gasteiger partial charge in [0.1, 0.15) is 0 Å². The molecule has 142 valence electrons. The second-order valence-corrected chi connectivity index (χ2v) is 7.55. The minimum Gasteiger partial charge on any atom is -0.388 e. The molecule has 1 aliphatic carbocycles. The molecule has 26 heavy (non-hydrogen) atoms. The largest absolute Gasteiger partial charge is 0.388 e. The summed E-state index contributed by atoms with van der Waals surface area (Å²) in [5.41, 5.74) is 0.421. The average Bonchev–Trinajstić information content (AvgIpc) is 2.60. The van der Waals surface area contributed by atoms with E-state index < -0.39 is 5.60 Å². The molecule has 1 aromatic carbocycles. The average molecular weight is 379 g/mol. The van der Waals surface area contributed by atoms with Crippen molar-refractivity contribution in [3.63, 3.8) is 0 Å². The van der Waals surface area contributed by atoms with Crippen molar-refractivity contribution in [2.45, 2.75) is 38.3 Å². The zero-order valence-electron chi connectivity index (χ0n) is 15.2. The zero-order valence-corrected chi connectivity index (χ0v) is 16.0. The Kier molecular flexibility index (Phi) is 6.04. The van der Waals surface area contributed by atoms with E-state index in [0.29, 0.717) is 37.2 Å². The predicted octanol–water partition coefficient (Wildman–Crippen LogP) is 1.86. The number of halogens is 1. The van der Waals surface area contributed by atoms with Gasteiger partial charge in [0, 0.05) is 31.2 Å². The Morgan fingerprint density at radius 3 is 2.62 bits per heavy atom. The topological polar surface area (TPSA) is 68.2 Å². The van der Waals surface area contributed by atoms with Crippen LogP contribution in [0.4, 0.5) is 0 Å². The number of guanidine groups is 1. The monoisotopic (exact) mass is 378 g/mol. The fourth-order valence-corrected chi connectivity index (χ4v) is 3.38. The van der Waals surface area contributed by atoms with Crippen LogP contribution in [0.1, 0.15) is 31.7 Å². The Morgan fingerprint density at radius 2 is 2.04 bits per heavy atom. The molecule has 1 aliphatic heterocycles. The number of aliphatic hydroxyl groups is 1. The van der Waals surface area contributed by atoms with Crippen molar-refractivity contribution in [3.8, 4) is 0 Å². The van der Waals surface area contributed by atoms with Crippen molar-refractivity contribution in [1.82, 2.24) is 15.1 Å². The number of piperazine rings is 1. The third kappa shape index (κ3) is 4.68. The van der Waals surface area contributed by atoms with Crippen LogP contribution in [0.25, 0.3) is 0 Å². The third-order valence-corrected chi connectivity index (χ3v) is 5.30. The zero-order chi connectivity index (χ0) is 18.6. The number of benzene rings is 1. The maximum absolute atomic E-state index is 12.6. The first-order chi connectivity index (χ1) is 12.5. The summed E-state index contributed by atoms with van der Waals surface area (Å²) < 4.78 is 0. The summed E-state index contributed by atoms with van der Waals surface area (Å²) in [7, 11) is 0. The molecule has 1 saturated carbocycles. The van der Waals surface area contributed by atoms with E-state index >= 15 is 0 Å². The molecular weight excluding hydrogens is 352 g/mol. The summed E-state index contributed by atoms with van der Waals surface area (Å²) in [6.45, 7) is 5.41. The highest BCUT2D eigenvalue weighted by Gasteiger charge is 2.34. The molecule has 0 atom stereocenters. The fourth-order valence-electron chi connectivity index (χ4n) is 3.26. The number of amides is 1. The van der Waals surface area contributed by atoms with E-state index in [1.165, 1.54) is 0 Å². The van der Waals surface area contributed by atoms with Gasteiger partial charge in [0.15, 0.2) is 5.96 Å².